The van der Waals surface area contributed by atoms with Gasteiger partial charge in [-0.25, -0.2) is 4.79 Å². The molecule has 2 heterocycles. The van der Waals surface area contributed by atoms with Crippen molar-refractivity contribution in [1.82, 2.24) is 10.6 Å². The van der Waals surface area contributed by atoms with Crippen LogP contribution in [0.3, 0.4) is 0 Å². The smallest absolute Gasteiger partial charge is 0.407 e. The third-order valence-electron chi connectivity index (χ3n) is 3.50. The monoisotopic (exact) mass is 240 g/mol. The molecule has 2 aliphatic rings. The number of piperidine rings is 1. The number of ether oxygens (including phenoxy) is 1. The number of carbonyl (C=O) groups excluding carboxylic acids is 1. The van der Waals surface area contributed by atoms with E-state index in [2.05, 4.69) is 10.6 Å². The Bertz CT molecular complexity index is 274. The molecule has 2 fully saturated rings. The quantitative estimate of drug-likeness (QED) is 0.776. The number of fused-ring (bicyclic) bond motifs is 2. The van der Waals surface area contributed by atoms with Crippen molar-refractivity contribution in [2.45, 2.75) is 64.1 Å². The number of rotatable bonds is 2. The molecule has 0 aromatic rings. The summed E-state index contributed by atoms with van der Waals surface area (Å²) < 4.78 is 5.23. The van der Waals surface area contributed by atoms with Crippen molar-refractivity contribution in [3.8, 4) is 0 Å². The van der Waals surface area contributed by atoms with Gasteiger partial charge in [-0.15, -0.1) is 0 Å². The van der Waals surface area contributed by atoms with Gasteiger partial charge in [-0.3, -0.25) is 0 Å². The first kappa shape index (κ1) is 12.7. The van der Waals surface area contributed by atoms with Crippen LogP contribution < -0.4 is 10.6 Å². The molecule has 2 aliphatic heterocycles. The highest BCUT2D eigenvalue weighted by molar-refractivity contribution is 5.67. The Labute approximate surface area is 103 Å². The fourth-order valence-corrected chi connectivity index (χ4v) is 2.88. The van der Waals surface area contributed by atoms with E-state index in [0.717, 1.165) is 6.54 Å². The van der Waals surface area contributed by atoms with E-state index in [-0.39, 0.29) is 6.09 Å². The van der Waals surface area contributed by atoms with Gasteiger partial charge in [0.2, 0.25) is 0 Å². The molecule has 0 radical (unpaired) electrons. The summed E-state index contributed by atoms with van der Waals surface area (Å²) in [5.74, 6) is 0.612. The summed E-state index contributed by atoms with van der Waals surface area (Å²) in [6.45, 7) is 6.41. The molecule has 0 unspecified atom stereocenters. The van der Waals surface area contributed by atoms with E-state index in [1.54, 1.807) is 0 Å². The maximum absolute atomic E-state index is 11.5. The first-order valence-electron chi connectivity index (χ1n) is 6.65. The van der Waals surface area contributed by atoms with Crippen LogP contribution in [0.5, 0.6) is 0 Å². The van der Waals surface area contributed by atoms with Crippen LogP contribution in [0.25, 0.3) is 0 Å². The summed E-state index contributed by atoms with van der Waals surface area (Å²) in [4.78, 5) is 11.5. The third kappa shape index (κ3) is 3.87. The maximum Gasteiger partial charge on any atom is 0.407 e. The van der Waals surface area contributed by atoms with Crippen LogP contribution in [0.4, 0.5) is 4.79 Å². The molecule has 4 nitrogen and oxygen atoms in total. The third-order valence-corrected chi connectivity index (χ3v) is 3.50. The average molecular weight is 240 g/mol. The zero-order valence-electron chi connectivity index (χ0n) is 11.1. The molecular formula is C13H24N2O2. The van der Waals surface area contributed by atoms with Gasteiger partial charge in [0.05, 0.1) is 0 Å². The van der Waals surface area contributed by atoms with Crippen molar-refractivity contribution in [3.63, 3.8) is 0 Å². The topological polar surface area (TPSA) is 50.4 Å². The van der Waals surface area contributed by atoms with E-state index >= 15 is 0 Å². The fraction of sp³-hybridized carbons (Fsp3) is 0.923. The molecule has 2 bridgehead atoms. The lowest BCUT2D eigenvalue weighted by Crippen LogP contribution is -2.43. The number of amides is 1. The van der Waals surface area contributed by atoms with Gasteiger partial charge in [0, 0.05) is 18.6 Å². The largest absolute Gasteiger partial charge is 0.444 e. The van der Waals surface area contributed by atoms with Crippen LogP contribution in [0.1, 0.15) is 46.5 Å². The first-order valence-corrected chi connectivity index (χ1v) is 6.65. The second-order valence-electron chi connectivity index (χ2n) is 6.36. The van der Waals surface area contributed by atoms with Crippen molar-refractivity contribution in [1.29, 1.82) is 0 Å². The summed E-state index contributed by atoms with van der Waals surface area (Å²) in [5.41, 5.74) is -0.406. The molecule has 0 saturated carbocycles. The van der Waals surface area contributed by atoms with Gasteiger partial charge >= 0.3 is 6.09 Å². The number of hydrogen-bond acceptors (Lipinski definition) is 3. The lowest BCUT2D eigenvalue weighted by molar-refractivity contribution is 0.0513. The predicted molar refractivity (Wildman–Crippen MR) is 66.9 cm³/mol. The molecule has 1 amide bonds. The molecule has 4 heteroatoms. The zero-order valence-corrected chi connectivity index (χ0v) is 11.1. The summed E-state index contributed by atoms with van der Waals surface area (Å²) in [7, 11) is 0. The second-order valence-corrected chi connectivity index (χ2v) is 6.36. The highest BCUT2D eigenvalue weighted by atomic mass is 16.6. The minimum absolute atomic E-state index is 0.289. The summed E-state index contributed by atoms with van der Waals surface area (Å²) in [5, 5.41) is 6.49. The van der Waals surface area contributed by atoms with Gasteiger partial charge in [-0.2, -0.15) is 0 Å². The van der Waals surface area contributed by atoms with Crippen LogP contribution >= 0.6 is 0 Å². The van der Waals surface area contributed by atoms with Crippen LogP contribution in [0, 0.1) is 5.92 Å². The Hall–Kier alpha value is -0.770. The van der Waals surface area contributed by atoms with E-state index in [1.165, 1.54) is 25.7 Å². The van der Waals surface area contributed by atoms with Crippen LogP contribution in [0.2, 0.25) is 0 Å². The molecule has 0 aliphatic carbocycles. The van der Waals surface area contributed by atoms with Gasteiger partial charge in [-0.1, -0.05) is 0 Å². The predicted octanol–water partition coefficient (Wildman–Crippen LogP) is 2.04. The van der Waals surface area contributed by atoms with Gasteiger partial charge in [0.15, 0.2) is 0 Å². The highest BCUT2D eigenvalue weighted by Crippen LogP contribution is 2.30. The first-order chi connectivity index (χ1) is 7.92. The van der Waals surface area contributed by atoms with Crippen LogP contribution in [-0.4, -0.2) is 30.3 Å². The normalized spacial score (nSPS) is 32.3. The lowest BCUT2D eigenvalue weighted by Gasteiger charge is -2.29. The molecule has 2 N–H and O–H groups in total. The number of hydrogen-bond donors (Lipinski definition) is 2. The van der Waals surface area contributed by atoms with Crippen molar-refractivity contribution in [2.24, 2.45) is 5.92 Å². The maximum atomic E-state index is 11.5. The fourth-order valence-electron chi connectivity index (χ4n) is 2.88. The Morgan fingerprint density at radius 3 is 2.41 bits per heavy atom. The van der Waals surface area contributed by atoms with E-state index < -0.39 is 5.60 Å². The standard InChI is InChI=1S/C13H24N2O2/c1-13(2,3)17-12(16)14-8-9-6-10-4-5-11(7-9)15-10/h9-11,15H,4-8H2,1-3H3,(H,14,16)/t10-,11-/m1/s1. The van der Waals surface area contributed by atoms with E-state index in [9.17, 15) is 4.79 Å². The van der Waals surface area contributed by atoms with Crippen molar-refractivity contribution >= 4 is 6.09 Å². The van der Waals surface area contributed by atoms with Crippen molar-refractivity contribution in [2.75, 3.05) is 6.54 Å². The molecule has 98 valence electrons. The highest BCUT2D eigenvalue weighted by Gasteiger charge is 2.33. The number of alkyl carbamates (subject to hydrolysis) is 1. The number of carbonyl (C=O) groups is 1. The van der Waals surface area contributed by atoms with Crippen molar-refractivity contribution < 1.29 is 9.53 Å². The van der Waals surface area contributed by atoms with E-state index in [1.807, 2.05) is 20.8 Å². The Balaban J connectivity index is 1.70. The summed E-state index contributed by atoms with van der Waals surface area (Å²) >= 11 is 0. The van der Waals surface area contributed by atoms with Gasteiger partial charge in [0.1, 0.15) is 5.60 Å². The molecule has 0 aromatic carbocycles. The molecule has 0 aromatic heterocycles. The molecule has 2 atom stereocenters. The van der Waals surface area contributed by atoms with Crippen LogP contribution in [0.15, 0.2) is 0 Å². The minimum atomic E-state index is -0.406. The van der Waals surface area contributed by atoms with Crippen LogP contribution in [-0.2, 0) is 4.74 Å². The molecule has 2 rings (SSSR count). The second kappa shape index (κ2) is 4.84. The lowest BCUT2D eigenvalue weighted by atomic mass is 9.92. The Morgan fingerprint density at radius 1 is 1.29 bits per heavy atom. The van der Waals surface area contributed by atoms with Crippen molar-refractivity contribution in [3.05, 3.63) is 0 Å². The van der Waals surface area contributed by atoms with E-state index in [0.29, 0.717) is 18.0 Å². The molecule has 0 spiro atoms. The SMILES string of the molecule is CC(C)(C)OC(=O)NCC1C[C@H]2CC[C@H](C1)N2. The average Bonchev–Trinajstić information content (AvgIpc) is 2.53. The van der Waals surface area contributed by atoms with Gasteiger partial charge < -0.3 is 15.4 Å². The number of nitrogens with one attached hydrogen (secondary N) is 2. The van der Waals surface area contributed by atoms with Gasteiger partial charge in [-0.05, 0) is 52.4 Å². The Kier molecular flexibility index (Phi) is 3.61. The zero-order chi connectivity index (χ0) is 12.5. The molecule has 17 heavy (non-hydrogen) atoms. The minimum Gasteiger partial charge on any atom is -0.444 e. The summed E-state index contributed by atoms with van der Waals surface area (Å²) in [6.07, 6.45) is 4.68. The summed E-state index contributed by atoms with van der Waals surface area (Å²) in [6, 6.07) is 1.36. The van der Waals surface area contributed by atoms with E-state index in [4.69, 9.17) is 4.74 Å². The Morgan fingerprint density at radius 2 is 1.88 bits per heavy atom. The molecular weight excluding hydrogens is 216 g/mol. The molecule has 2 saturated heterocycles. The van der Waals surface area contributed by atoms with Gasteiger partial charge in [0.25, 0.3) is 0 Å².